The van der Waals surface area contributed by atoms with E-state index in [1.807, 2.05) is 0 Å². The molecule has 9 heavy (non-hydrogen) atoms. The van der Waals surface area contributed by atoms with Crippen molar-refractivity contribution in [1.82, 2.24) is 4.98 Å². The second-order valence-electron chi connectivity index (χ2n) is 1.57. The van der Waals surface area contributed by atoms with Crippen LogP contribution in [-0.2, 0) is 0 Å². The van der Waals surface area contributed by atoms with E-state index < -0.39 is 0 Å². The van der Waals surface area contributed by atoms with Crippen LogP contribution in [0.25, 0.3) is 0 Å². The second-order valence-corrected chi connectivity index (χ2v) is 1.57. The zero-order valence-electron chi connectivity index (χ0n) is 4.61. The maximum Gasteiger partial charge on any atom is 0.389 e. The molecule has 1 aromatic heterocycles. The molecule has 1 rings (SSSR count). The molecule has 0 aromatic carbocycles. The Labute approximate surface area is 51.5 Å². The van der Waals surface area contributed by atoms with E-state index in [2.05, 4.69) is 4.98 Å². The van der Waals surface area contributed by atoms with Gasteiger partial charge in [-0.25, -0.2) is 4.73 Å². The van der Waals surface area contributed by atoms with E-state index in [-0.39, 0.29) is 5.95 Å². The number of rotatable bonds is 0. The van der Waals surface area contributed by atoms with Gasteiger partial charge in [0.2, 0.25) is 0 Å². The fourth-order valence-corrected chi connectivity index (χ4v) is 0.432. The molecule has 0 atom stereocenters. The SMILES string of the molecule is Nc1cnc(N)[n+]([O-])c1. The van der Waals surface area contributed by atoms with Crippen molar-refractivity contribution in [2.24, 2.45) is 0 Å². The van der Waals surface area contributed by atoms with Gasteiger partial charge >= 0.3 is 5.95 Å². The van der Waals surface area contributed by atoms with Crippen LogP contribution in [-0.4, -0.2) is 4.98 Å². The number of aromatic nitrogens is 2. The first-order valence-electron chi connectivity index (χ1n) is 2.30. The molecule has 0 aliphatic rings. The molecule has 0 aliphatic carbocycles. The predicted molar refractivity (Wildman–Crippen MR) is 32.0 cm³/mol. The van der Waals surface area contributed by atoms with Gasteiger partial charge in [0, 0.05) is 0 Å². The summed E-state index contributed by atoms with van der Waals surface area (Å²) < 4.78 is 0.412. The first-order valence-corrected chi connectivity index (χ1v) is 2.30. The summed E-state index contributed by atoms with van der Waals surface area (Å²) in [5.74, 6) is -0.0933. The van der Waals surface area contributed by atoms with Gasteiger partial charge in [-0.05, 0) is 0 Å². The van der Waals surface area contributed by atoms with Gasteiger partial charge in [-0.15, -0.1) is 0 Å². The smallest absolute Gasteiger partial charge is 0.389 e. The number of nitrogens with two attached hydrogens (primary N) is 2. The highest BCUT2D eigenvalue weighted by molar-refractivity contribution is 5.30. The Morgan fingerprint density at radius 3 is 2.67 bits per heavy atom. The van der Waals surface area contributed by atoms with Crippen LogP contribution in [0.4, 0.5) is 11.6 Å². The minimum atomic E-state index is -0.0933. The summed E-state index contributed by atoms with van der Waals surface area (Å²) in [6.07, 6.45) is 2.48. The second kappa shape index (κ2) is 1.77. The van der Waals surface area contributed by atoms with Crippen LogP contribution in [0.3, 0.4) is 0 Å². The molecular weight excluding hydrogens is 120 g/mol. The van der Waals surface area contributed by atoms with Crippen LogP contribution >= 0.6 is 0 Å². The van der Waals surface area contributed by atoms with Crippen molar-refractivity contribution in [2.75, 3.05) is 11.5 Å². The van der Waals surface area contributed by atoms with Gasteiger partial charge in [-0.1, -0.05) is 4.98 Å². The summed E-state index contributed by atoms with van der Waals surface area (Å²) in [5, 5.41) is 10.5. The lowest BCUT2D eigenvalue weighted by molar-refractivity contribution is -0.591. The Kier molecular flexibility index (Phi) is 1.11. The van der Waals surface area contributed by atoms with E-state index in [9.17, 15) is 5.21 Å². The first-order chi connectivity index (χ1) is 4.20. The van der Waals surface area contributed by atoms with Crippen LogP contribution in [0, 0.1) is 5.21 Å². The van der Waals surface area contributed by atoms with E-state index in [1.54, 1.807) is 0 Å². The molecule has 4 N–H and O–H groups in total. The normalized spacial score (nSPS) is 9.33. The maximum atomic E-state index is 10.5. The monoisotopic (exact) mass is 126 g/mol. The van der Waals surface area contributed by atoms with Crippen LogP contribution in [0.5, 0.6) is 0 Å². The molecular formula is C4H6N4O. The Balaban J connectivity index is 3.17. The third-order valence-electron chi connectivity index (χ3n) is 0.838. The molecule has 0 radical (unpaired) electrons. The first kappa shape index (κ1) is 5.61. The maximum absolute atomic E-state index is 10.5. The van der Waals surface area contributed by atoms with Crippen molar-refractivity contribution in [3.8, 4) is 0 Å². The average Bonchev–Trinajstić information content (AvgIpc) is 1.80. The zero-order valence-corrected chi connectivity index (χ0v) is 4.61. The molecule has 0 unspecified atom stereocenters. The van der Waals surface area contributed by atoms with E-state index in [0.717, 1.165) is 6.20 Å². The van der Waals surface area contributed by atoms with Gasteiger partial charge in [0.15, 0.2) is 0 Å². The van der Waals surface area contributed by atoms with Gasteiger partial charge in [-0.3, -0.25) is 5.73 Å². The minimum absolute atomic E-state index is 0.0933. The van der Waals surface area contributed by atoms with Crippen molar-refractivity contribution in [3.63, 3.8) is 0 Å². The molecule has 0 spiro atoms. The molecule has 48 valence electrons. The number of nitrogens with zero attached hydrogens (tertiary/aromatic N) is 2. The highest BCUT2D eigenvalue weighted by Gasteiger charge is 1.96. The van der Waals surface area contributed by atoms with Crippen LogP contribution in [0.1, 0.15) is 0 Å². The number of hydrogen-bond acceptors (Lipinski definition) is 4. The number of nitrogen functional groups attached to an aromatic ring is 2. The highest BCUT2D eigenvalue weighted by atomic mass is 16.5. The molecule has 0 saturated heterocycles. The summed E-state index contributed by atoms with van der Waals surface area (Å²) >= 11 is 0. The lowest BCUT2D eigenvalue weighted by atomic mass is 10.6. The van der Waals surface area contributed by atoms with E-state index in [1.165, 1.54) is 6.20 Å². The Bertz CT molecular complexity index is 224. The van der Waals surface area contributed by atoms with Crippen molar-refractivity contribution in [1.29, 1.82) is 0 Å². The van der Waals surface area contributed by atoms with Gasteiger partial charge in [0.05, 0.1) is 11.9 Å². The van der Waals surface area contributed by atoms with Crippen molar-refractivity contribution in [2.45, 2.75) is 0 Å². The van der Waals surface area contributed by atoms with Crippen molar-refractivity contribution < 1.29 is 4.73 Å². The Morgan fingerprint density at radius 1 is 1.56 bits per heavy atom. The molecule has 0 amide bonds. The van der Waals surface area contributed by atoms with Gasteiger partial charge in [0.1, 0.15) is 6.20 Å². The van der Waals surface area contributed by atoms with Gasteiger partial charge < -0.3 is 10.9 Å². The lowest BCUT2D eigenvalue weighted by Crippen LogP contribution is -2.31. The fraction of sp³-hybridized carbons (Fsp3) is 0. The standard InChI is InChI=1S/C4H6N4O/c5-3-1-7-4(6)8(9)2-3/h1-2H,5H2,(H2,6,7). The summed E-state index contributed by atoms with van der Waals surface area (Å²) in [5.41, 5.74) is 10.6. The van der Waals surface area contributed by atoms with Crippen molar-refractivity contribution >= 4 is 11.6 Å². The third-order valence-corrected chi connectivity index (χ3v) is 0.838. The predicted octanol–water partition coefficient (Wildman–Crippen LogP) is -1.12. The van der Waals surface area contributed by atoms with E-state index in [0.29, 0.717) is 10.4 Å². The molecule has 0 saturated carbocycles. The van der Waals surface area contributed by atoms with Crippen molar-refractivity contribution in [3.05, 3.63) is 17.6 Å². The van der Waals surface area contributed by atoms with E-state index >= 15 is 0 Å². The molecule has 0 aliphatic heterocycles. The van der Waals surface area contributed by atoms with Crippen LogP contribution < -0.4 is 16.2 Å². The van der Waals surface area contributed by atoms with E-state index in [4.69, 9.17) is 11.5 Å². The van der Waals surface area contributed by atoms with Crippen LogP contribution in [0.2, 0.25) is 0 Å². The molecule has 1 heterocycles. The fourth-order valence-electron chi connectivity index (χ4n) is 0.432. The number of anilines is 2. The molecule has 0 fully saturated rings. The summed E-state index contributed by atoms with van der Waals surface area (Å²) in [4.78, 5) is 3.48. The Hall–Kier alpha value is -1.52. The molecule has 5 heteroatoms. The zero-order chi connectivity index (χ0) is 6.85. The van der Waals surface area contributed by atoms with Gasteiger partial charge in [0.25, 0.3) is 0 Å². The third kappa shape index (κ3) is 0.987. The summed E-state index contributed by atoms with van der Waals surface area (Å²) in [7, 11) is 0. The van der Waals surface area contributed by atoms with Crippen LogP contribution in [0.15, 0.2) is 12.4 Å². The quantitative estimate of drug-likeness (QED) is 0.340. The largest absolute Gasteiger partial charge is 0.740 e. The molecule has 1 aromatic rings. The van der Waals surface area contributed by atoms with Gasteiger partial charge in [-0.2, -0.15) is 0 Å². The number of hydrogen-bond donors (Lipinski definition) is 2. The molecule has 5 nitrogen and oxygen atoms in total. The summed E-state index contributed by atoms with van der Waals surface area (Å²) in [6, 6.07) is 0. The highest BCUT2D eigenvalue weighted by Crippen LogP contribution is 1.92. The average molecular weight is 126 g/mol. The lowest BCUT2D eigenvalue weighted by Gasteiger charge is -2.02. The summed E-state index contributed by atoms with van der Waals surface area (Å²) in [6.45, 7) is 0. The molecule has 0 bridgehead atoms. The topological polar surface area (TPSA) is 91.9 Å². The minimum Gasteiger partial charge on any atom is -0.740 e. The Morgan fingerprint density at radius 2 is 2.22 bits per heavy atom.